The number of rotatable bonds is 7. The largest absolute Gasteiger partial charge is 0.416 e. The molecule has 0 N–H and O–H groups in total. The number of hydrogen-bond acceptors (Lipinski definition) is 3. The molecule has 2 amide bonds. The highest BCUT2D eigenvalue weighted by Crippen LogP contribution is 2.35. The third kappa shape index (κ3) is 5.04. The first kappa shape index (κ1) is 26.3. The van der Waals surface area contributed by atoms with Gasteiger partial charge in [-0.1, -0.05) is 42.5 Å². The monoisotopic (exact) mass is 545 g/mol. The molecule has 206 valence electrons. The smallest absolute Gasteiger partial charge is 0.343 e. The van der Waals surface area contributed by atoms with E-state index in [0.717, 1.165) is 62.1 Å². The first-order valence-corrected chi connectivity index (χ1v) is 13.7. The predicted molar refractivity (Wildman–Crippen MR) is 147 cm³/mol. The first-order chi connectivity index (χ1) is 19.3. The van der Waals surface area contributed by atoms with Crippen LogP contribution in [0.5, 0.6) is 0 Å². The van der Waals surface area contributed by atoms with Gasteiger partial charge in [-0.3, -0.25) is 14.5 Å². The van der Waals surface area contributed by atoms with E-state index in [0.29, 0.717) is 30.1 Å². The van der Waals surface area contributed by atoms with Gasteiger partial charge in [0.15, 0.2) is 0 Å². The highest BCUT2D eigenvalue weighted by Gasteiger charge is 2.35. The molecule has 0 saturated carbocycles. The number of para-hydroxylation sites is 1. The molecule has 0 aliphatic carbocycles. The number of nitrogens with zero attached hydrogens (tertiary/aromatic N) is 3. The highest BCUT2D eigenvalue weighted by atomic mass is 19.4. The van der Waals surface area contributed by atoms with Crippen LogP contribution in [0.15, 0.2) is 79.0 Å². The summed E-state index contributed by atoms with van der Waals surface area (Å²) in [7, 11) is 0. The fourth-order valence-electron chi connectivity index (χ4n) is 6.09. The van der Waals surface area contributed by atoms with Crippen molar-refractivity contribution >= 4 is 22.7 Å². The number of benzene rings is 3. The molecule has 4 aromatic rings. The number of amides is 2. The SMILES string of the molecule is O=C1c2ccccc2C(=O)N1CCCN1CCC(c2cn(Cc3ccc(C(F)(F)F)cc3)c3ccccc23)CC1. The molecule has 40 heavy (non-hydrogen) atoms. The third-order valence-corrected chi connectivity index (χ3v) is 8.22. The topological polar surface area (TPSA) is 45.6 Å². The maximum atomic E-state index is 13.0. The molecule has 2 aliphatic rings. The molecule has 5 nitrogen and oxygen atoms in total. The predicted octanol–water partition coefficient (Wildman–Crippen LogP) is 6.57. The molecule has 0 bridgehead atoms. The van der Waals surface area contributed by atoms with E-state index in [1.807, 2.05) is 12.1 Å². The third-order valence-electron chi connectivity index (χ3n) is 8.22. The van der Waals surface area contributed by atoms with E-state index < -0.39 is 11.7 Å². The number of imide groups is 1. The molecule has 1 aromatic heterocycles. The van der Waals surface area contributed by atoms with Crippen molar-refractivity contribution in [1.82, 2.24) is 14.4 Å². The van der Waals surface area contributed by atoms with E-state index in [4.69, 9.17) is 0 Å². The van der Waals surface area contributed by atoms with E-state index in [2.05, 4.69) is 27.8 Å². The summed E-state index contributed by atoms with van der Waals surface area (Å²) in [4.78, 5) is 29.0. The Labute approximate surface area is 230 Å². The van der Waals surface area contributed by atoms with Crippen molar-refractivity contribution in [2.75, 3.05) is 26.2 Å². The van der Waals surface area contributed by atoms with Gasteiger partial charge in [-0.15, -0.1) is 0 Å². The fraction of sp³-hybridized carbons (Fsp3) is 0.312. The Morgan fingerprint density at radius 2 is 1.40 bits per heavy atom. The van der Waals surface area contributed by atoms with Gasteiger partial charge in [0.2, 0.25) is 0 Å². The molecular weight excluding hydrogens is 515 g/mol. The summed E-state index contributed by atoms with van der Waals surface area (Å²) in [5.41, 5.74) is 3.54. The van der Waals surface area contributed by atoms with Gasteiger partial charge in [0.05, 0.1) is 16.7 Å². The summed E-state index contributed by atoms with van der Waals surface area (Å²) in [6.07, 6.45) is 0.575. The number of carbonyl (C=O) groups is 2. The molecule has 0 spiro atoms. The zero-order chi connectivity index (χ0) is 27.9. The van der Waals surface area contributed by atoms with Gasteiger partial charge in [-0.25, -0.2) is 0 Å². The van der Waals surface area contributed by atoms with Crippen molar-refractivity contribution in [3.05, 3.63) is 107 Å². The summed E-state index contributed by atoms with van der Waals surface area (Å²) in [6, 6.07) is 20.6. The van der Waals surface area contributed by atoms with Gasteiger partial charge in [-0.05, 0) is 86.3 Å². The molecule has 0 unspecified atom stereocenters. The lowest BCUT2D eigenvalue weighted by Gasteiger charge is -2.32. The van der Waals surface area contributed by atoms with Gasteiger partial charge < -0.3 is 9.47 Å². The minimum atomic E-state index is -4.34. The van der Waals surface area contributed by atoms with Crippen molar-refractivity contribution in [3.63, 3.8) is 0 Å². The van der Waals surface area contributed by atoms with Crippen LogP contribution in [0.2, 0.25) is 0 Å². The van der Waals surface area contributed by atoms with E-state index in [1.165, 1.54) is 15.8 Å². The molecule has 6 rings (SSSR count). The lowest BCUT2D eigenvalue weighted by atomic mass is 9.89. The average molecular weight is 546 g/mol. The summed E-state index contributed by atoms with van der Waals surface area (Å²) in [6.45, 7) is 3.63. The zero-order valence-electron chi connectivity index (χ0n) is 22.0. The van der Waals surface area contributed by atoms with Crippen molar-refractivity contribution in [2.45, 2.75) is 37.9 Å². The Morgan fingerprint density at radius 1 is 0.775 bits per heavy atom. The van der Waals surface area contributed by atoms with Crippen LogP contribution in [0.4, 0.5) is 13.2 Å². The summed E-state index contributed by atoms with van der Waals surface area (Å²) in [5.74, 6) is -0.00905. The molecule has 0 radical (unpaired) electrons. The van der Waals surface area contributed by atoms with Gasteiger partial charge in [0.25, 0.3) is 11.8 Å². The van der Waals surface area contributed by atoms with Crippen molar-refractivity contribution in [1.29, 1.82) is 0 Å². The molecule has 1 fully saturated rings. The Balaban J connectivity index is 1.07. The first-order valence-electron chi connectivity index (χ1n) is 13.7. The number of hydrogen-bond donors (Lipinski definition) is 0. The Hall–Kier alpha value is -3.91. The second-order valence-electron chi connectivity index (χ2n) is 10.7. The van der Waals surface area contributed by atoms with Crippen LogP contribution in [0.25, 0.3) is 10.9 Å². The zero-order valence-corrected chi connectivity index (χ0v) is 22.0. The maximum absolute atomic E-state index is 13.0. The Kier molecular flexibility index (Phi) is 6.96. The van der Waals surface area contributed by atoms with Gasteiger partial charge in [-0.2, -0.15) is 13.2 Å². The van der Waals surface area contributed by atoms with Crippen LogP contribution in [0.1, 0.15) is 62.6 Å². The van der Waals surface area contributed by atoms with Gasteiger partial charge in [0.1, 0.15) is 0 Å². The lowest BCUT2D eigenvalue weighted by Crippen LogP contribution is -2.37. The molecule has 1 saturated heterocycles. The van der Waals surface area contributed by atoms with Crippen molar-refractivity contribution < 1.29 is 22.8 Å². The van der Waals surface area contributed by atoms with E-state index >= 15 is 0 Å². The van der Waals surface area contributed by atoms with Crippen LogP contribution < -0.4 is 0 Å². The van der Waals surface area contributed by atoms with Crippen LogP contribution >= 0.6 is 0 Å². The number of aromatic nitrogens is 1. The lowest BCUT2D eigenvalue weighted by molar-refractivity contribution is -0.137. The normalized spacial score (nSPS) is 16.7. The minimum absolute atomic E-state index is 0.202. The Morgan fingerprint density at radius 3 is 2.05 bits per heavy atom. The van der Waals surface area contributed by atoms with Crippen LogP contribution in [-0.4, -0.2) is 52.4 Å². The molecule has 2 aliphatic heterocycles. The second kappa shape index (κ2) is 10.6. The quantitative estimate of drug-likeness (QED) is 0.247. The van der Waals surface area contributed by atoms with Crippen molar-refractivity contribution in [2.24, 2.45) is 0 Å². The maximum Gasteiger partial charge on any atom is 0.416 e. The second-order valence-corrected chi connectivity index (χ2v) is 10.7. The number of likely N-dealkylation sites (tertiary alicyclic amines) is 1. The van der Waals surface area contributed by atoms with Crippen LogP contribution in [-0.2, 0) is 12.7 Å². The van der Waals surface area contributed by atoms with Crippen LogP contribution in [0.3, 0.4) is 0 Å². The molecule has 8 heteroatoms. The number of fused-ring (bicyclic) bond motifs is 2. The molecule has 0 atom stereocenters. The highest BCUT2D eigenvalue weighted by molar-refractivity contribution is 6.21. The van der Waals surface area contributed by atoms with Gasteiger partial charge in [0, 0.05) is 30.2 Å². The average Bonchev–Trinajstić information content (AvgIpc) is 3.44. The standard InChI is InChI=1S/C32H30F3N3O2/c33-32(34,35)24-12-10-22(11-13-24)20-37-21-28(25-6-3-4-9-29(25)37)23-14-18-36(19-15-23)16-5-17-38-30(39)26-7-1-2-8-27(26)31(38)40/h1-4,6-13,21,23H,5,14-20H2. The van der Waals surface area contributed by atoms with Gasteiger partial charge >= 0.3 is 6.18 Å². The number of alkyl halides is 3. The number of piperidine rings is 1. The van der Waals surface area contributed by atoms with Crippen LogP contribution in [0, 0.1) is 0 Å². The summed E-state index contributed by atoms with van der Waals surface area (Å²) >= 11 is 0. The molecule has 3 aromatic carbocycles. The van der Waals surface area contributed by atoms with E-state index in [9.17, 15) is 22.8 Å². The minimum Gasteiger partial charge on any atom is -0.343 e. The number of carbonyl (C=O) groups excluding carboxylic acids is 2. The number of halogens is 3. The molecule has 3 heterocycles. The Bertz CT molecular complexity index is 1510. The van der Waals surface area contributed by atoms with Crippen molar-refractivity contribution in [3.8, 4) is 0 Å². The van der Waals surface area contributed by atoms with E-state index in [-0.39, 0.29) is 11.8 Å². The van der Waals surface area contributed by atoms with E-state index in [1.54, 1.807) is 36.4 Å². The molecular formula is C32H30F3N3O2. The summed E-state index contributed by atoms with van der Waals surface area (Å²) in [5, 5.41) is 1.19. The summed E-state index contributed by atoms with van der Waals surface area (Å²) < 4.78 is 41.1. The fourth-order valence-corrected chi connectivity index (χ4v) is 6.09.